The average Bonchev–Trinajstić information content (AvgIpc) is 2.38. The zero-order valence-electron chi connectivity index (χ0n) is 9.94. The van der Waals surface area contributed by atoms with E-state index in [9.17, 15) is 4.39 Å². The average molecular weight is 243 g/mol. The Balaban J connectivity index is 2.65. The number of rotatable bonds is 2. The van der Waals surface area contributed by atoms with Crippen molar-refractivity contribution in [3.8, 4) is 23.1 Å². The van der Waals surface area contributed by atoms with Crippen molar-refractivity contribution in [3.05, 3.63) is 41.6 Å². The number of nitriles is 1. The molecule has 4 nitrogen and oxygen atoms in total. The van der Waals surface area contributed by atoms with Gasteiger partial charge in [0.25, 0.3) is 0 Å². The fraction of sp³-hybridized carbons (Fsp3) is 0.154. The number of methoxy groups -OCH3 is 1. The molecule has 0 atom stereocenters. The third kappa shape index (κ3) is 2.28. The number of benzene rings is 1. The molecule has 5 heteroatoms. The number of nitrogens with zero attached hydrogens (tertiary/aromatic N) is 3. The van der Waals surface area contributed by atoms with Gasteiger partial charge in [-0.1, -0.05) is 0 Å². The maximum Gasteiger partial charge on any atom is 0.144 e. The molecular weight excluding hydrogens is 233 g/mol. The molecule has 0 bridgehead atoms. The Hall–Kier alpha value is -2.48. The van der Waals surface area contributed by atoms with Gasteiger partial charge >= 0.3 is 0 Å². The van der Waals surface area contributed by atoms with Gasteiger partial charge in [0.05, 0.1) is 12.8 Å². The quantitative estimate of drug-likeness (QED) is 0.813. The first-order chi connectivity index (χ1) is 8.63. The molecule has 0 radical (unpaired) electrons. The highest BCUT2D eigenvalue weighted by Gasteiger charge is 2.10. The lowest BCUT2D eigenvalue weighted by molar-refractivity contribution is 0.415. The molecule has 0 spiro atoms. The van der Waals surface area contributed by atoms with Gasteiger partial charge in [-0.2, -0.15) is 5.26 Å². The predicted octanol–water partition coefficient (Wildman–Crippen LogP) is 2.47. The summed E-state index contributed by atoms with van der Waals surface area (Å²) in [6.45, 7) is 1.68. The van der Waals surface area contributed by atoms with Gasteiger partial charge in [0, 0.05) is 11.6 Å². The van der Waals surface area contributed by atoms with Crippen molar-refractivity contribution in [1.82, 2.24) is 9.97 Å². The maximum atomic E-state index is 13.3. The largest absolute Gasteiger partial charge is 0.496 e. The molecule has 2 aromatic rings. The van der Waals surface area contributed by atoms with Crippen LogP contribution >= 0.6 is 0 Å². The molecule has 0 aliphatic carbocycles. The first kappa shape index (κ1) is 12.0. The van der Waals surface area contributed by atoms with Crippen molar-refractivity contribution in [1.29, 1.82) is 5.26 Å². The number of ether oxygens (including phenoxy) is 1. The van der Waals surface area contributed by atoms with Gasteiger partial charge in [-0.3, -0.25) is 0 Å². The van der Waals surface area contributed by atoms with Crippen LogP contribution in [0.1, 0.15) is 11.5 Å². The Labute approximate surface area is 104 Å². The monoisotopic (exact) mass is 243 g/mol. The van der Waals surface area contributed by atoms with Crippen LogP contribution < -0.4 is 4.74 Å². The van der Waals surface area contributed by atoms with Crippen molar-refractivity contribution in [3.63, 3.8) is 0 Å². The molecule has 0 unspecified atom stereocenters. The molecule has 1 aromatic heterocycles. The van der Waals surface area contributed by atoms with E-state index in [1.54, 1.807) is 6.92 Å². The van der Waals surface area contributed by atoms with Crippen LogP contribution in [-0.2, 0) is 0 Å². The smallest absolute Gasteiger partial charge is 0.144 e. The minimum atomic E-state index is -0.388. The Morgan fingerprint density at radius 3 is 2.72 bits per heavy atom. The van der Waals surface area contributed by atoms with Crippen molar-refractivity contribution in [2.45, 2.75) is 6.92 Å². The second kappa shape index (κ2) is 4.80. The van der Waals surface area contributed by atoms with Crippen molar-refractivity contribution < 1.29 is 9.13 Å². The second-order valence-corrected chi connectivity index (χ2v) is 3.64. The van der Waals surface area contributed by atoms with E-state index in [1.165, 1.54) is 31.4 Å². The maximum absolute atomic E-state index is 13.3. The molecule has 0 fully saturated rings. The topological polar surface area (TPSA) is 58.8 Å². The van der Waals surface area contributed by atoms with E-state index in [0.717, 1.165) is 0 Å². The first-order valence-corrected chi connectivity index (χ1v) is 5.23. The summed E-state index contributed by atoms with van der Waals surface area (Å²) in [6.07, 6.45) is 0. The summed E-state index contributed by atoms with van der Waals surface area (Å²) >= 11 is 0. The summed E-state index contributed by atoms with van der Waals surface area (Å²) < 4.78 is 18.4. The molecule has 0 amide bonds. The fourth-order valence-corrected chi connectivity index (χ4v) is 1.64. The Morgan fingerprint density at radius 2 is 2.06 bits per heavy atom. The standard InChI is InChI=1S/C13H10FN3O/c1-8-16-10(7-15)6-12(17-8)11-5-9(14)3-4-13(11)18-2/h3-6H,1-2H3. The van der Waals surface area contributed by atoms with Gasteiger partial charge in [-0.05, 0) is 25.1 Å². The Morgan fingerprint density at radius 1 is 1.28 bits per heavy atom. The van der Waals surface area contributed by atoms with Gasteiger partial charge < -0.3 is 4.74 Å². The lowest BCUT2D eigenvalue weighted by Crippen LogP contribution is -1.97. The molecular formula is C13H10FN3O. The van der Waals surface area contributed by atoms with E-state index < -0.39 is 0 Å². The van der Waals surface area contributed by atoms with Gasteiger partial charge in [-0.15, -0.1) is 0 Å². The van der Waals surface area contributed by atoms with Crippen LogP contribution in [0.5, 0.6) is 5.75 Å². The van der Waals surface area contributed by atoms with E-state index in [2.05, 4.69) is 9.97 Å². The van der Waals surface area contributed by atoms with Crippen LogP contribution in [-0.4, -0.2) is 17.1 Å². The highest BCUT2D eigenvalue weighted by Crippen LogP contribution is 2.29. The molecule has 0 saturated heterocycles. The molecule has 0 aliphatic heterocycles. The molecule has 0 saturated carbocycles. The summed E-state index contributed by atoms with van der Waals surface area (Å²) in [6, 6.07) is 7.60. The van der Waals surface area contributed by atoms with Crippen LogP contribution in [0, 0.1) is 24.1 Å². The number of aryl methyl sites for hydroxylation is 1. The summed E-state index contributed by atoms with van der Waals surface area (Å²) in [7, 11) is 1.50. The van der Waals surface area contributed by atoms with E-state index in [4.69, 9.17) is 10.00 Å². The molecule has 90 valence electrons. The minimum absolute atomic E-state index is 0.240. The Kier molecular flexibility index (Phi) is 3.20. The summed E-state index contributed by atoms with van der Waals surface area (Å²) in [5, 5.41) is 8.87. The number of hydrogen-bond acceptors (Lipinski definition) is 4. The van der Waals surface area contributed by atoms with E-state index >= 15 is 0 Å². The predicted molar refractivity (Wildman–Crippen MR) is 63.4 cm³/mol. The van der Waals surface area contributed by atoms with Crippen LogP contribution in [0.4, 0.5) is 4.39 Å². The van der Waals surface area contributed by atoms with Crippen LogP contribution in [0.25, 0.3) is 11.3 Å². The summed E-state index contributed by atoms with van der Waals surface area (Å²) in [5.41, 5.74) is 1.21. The van der Waals surface area contributed by atoms with Gasteiger partial charge in [0.2, 0.25) is 0 Å². The number of aromatic nitrogens is 2. The zero-order chi connectivity index (χ0) is 13.1. The Bertz CT molecular complexity index is 635. The SMILES string of the molecule is COc1ccc(F)cc1-c1cc(C#N)nc(C)n1. The van der Waals surface area contributed by atoms with E-state index in [0.29, 0.717) is 22.8 Å². The van der Waals surface area contributed by atoms with Crippen molar-refractivity contribution in [2.24, 2.45) is 0 Å². The third-order valence-corrected chi connectivity index (χ3v) is 2.39. The molecule has 0 aliphatic rings. The number of hydrogen-bond donors (Lipinski definition) is 0. The molecule has 1 aromatic carbocycles. The molecule has 2 rings (SSSR count). The summed E-state index contributed by atoms with van der Waals surface area (Å²) in [4.78, 5) is 8.14. The summed E-state index contributed by atoms with van der Waals surface area (Å²) in [5.74, 6) is 0.564. The van der Waals surface area contributed by atoms with Gasteiger partial charge in [-0.25, -0.2) is 14.4 Å². The normalized spacial score (nSPS) is 9.89. The number of halogens is 1. The highest BCUT2D eigenvalue weighted by molar-refractivity contribution is 5.67. The van der Waals surface area contributed by atoms with Gasteiger partial charge in [0.15, 0.2) is 0 Å². The minimum Gasteiger partial charge on any atom is -0.496 e. The third-order valence-electron chi connectivity index (χ3n) is 2.39. The van der Waals surface area contributed by atoms with Crippen LogP contribution in [0.2, 0.25) is 0 Å². The van der Waals surface area contributed by atoms with Crippen LogP contribution in [0.3, 0.4) is 0 Å². The lowest BCUT2D eigenvalue weighted by atomic mass is 10.1. The van der Waals surface area contributed by atoms with Crippen molar-refractivity contribution >= 4 is 0 Å². The molecule has 0 N–H and O–H groups in total. The van der Waals surface area contributed by atoms with Crippen molar-refractivity contribution in [2.75, 3.05) is 7.11 Å². The van der Waals surface area contributed by atoms with Crippen LogP contribution in [0.15, 0.2) is 24.3 Å². The highest BCUT2D eigenvalue weighted by atomic mass is 19.1. The van der Waals surface area contributed by atoms with E-state index in [1.807, 2.05) is 6.07 Å². The van der Waals surface area contributed by atoms with E-state index in [-0.39, 0.29) is 11.5 Å². The van der Waals surface area contributed by atoms with Gasteiger partial charge in [0.1, 0.15) is 29.2 Å². The first-order valence-electron chi connectivity index (χ1n) is 5.23. The molecule has 1 heterocycles. The molecule has 18 heavy (non-hydrogen) atoms. The lowest BCUT2D eigenvalue weighted by Gasteiger charge is -2.08. The zero-order valence-corrected chi connectivity index (χ0v) is 9.94. The second-order valence-electron chi connectivity index (χ2n) is 3.64. The fourth-order valence-electron chi connectivity index (χ4n) is 1.64.